The van der Waals surface area contributed by atoms with Crippen molar-refractivity contribution < 1.29 is 19.1 Å². The number of esters is 1. The summed E-state index contributed by atoms with van der Waals surface area (Å²) in [4.78, 5) is 37.3. The van der Waals surface area contributed by atoms with Crippen molar-refractivity contribution in [1.82, 2.24) is 5.32 Å². The van der Waals surface area contributed by atoms with Gasteiger partial charge in [-0.25, -0.2) is 4.79 Å². The van der Waals surface area contributed by atoms with E-state index in [0.29, 0.717) is 5.92 Å². The summed E-state index contributed by atoms with van der Waals surface area (Å²) in [6, 6.07) is 8.53. The molecule has 0 spiro atoms. The molecule has 5 nitrogen and oxygen atoms in total. The van der Waals surface area contributed by atoms with Crippen molar-refractivity contribution in [2.75, 3.05) is 6.61 Å². The Labute approximate surface area is 168 Å². The molecular formula is C23H33NO4. The van der Waals surface area contributed by atoms with Crippen molar-refractivity contribution in [2.45, 2.75) is 71.3 Å². The molecule has 1 fully saturated rings. The second-order valence-electron chi connectivity index (χ2n) is 7.70. The summed E-state index contributed by atoms with van der Waals surface area (Å²) in [5.41, 5.74) is 0.897. The molecule has 1 atom stereocenters. The number of nitrogens with one attached hydrogen (secondary N) is 1. The van der Waals surface area contributed by atoms with Crippen LogP contribution in [0.4, 0.5) is 0 Å². The first-order valence-corrected chi connectivity index (χ1v) is 10.6. The Balaban J connectivity index is 1.98. The minimum Gasteiger partial charge on any atom is -0.460 e. The second kappa shape index (κ2) is 11.6. The number of carbonyl (C=O) groups excluding carboxylic acids is 3. The minimum absolute atomic E-state index is 0.0776. The standard InChI is InChI=1S/C23H33NO4/c1-3-5-9-17-12-14-19(15-13-17)22(26)24-20(21(25)23(27)28-4-2)16-18-10-7-6-8-11-18/h6-8,10-11,17,19-20H,3-5,9,12-16H2,1-2H3,(H,24,26)/t17?,19?,20-/m0/s1. The first kappa shape index (κ1) is 22.1. The Kier molecular flexibility index (Phi) is 9.18. The van der Waals surface area contributed by atoms with Gasteiger partial charge in [-0.1, -0.05) is 56.5 Å². The summed E-state index contributed by atoms with van der Waals surface area (Å²) < 4.78 is 4.86. The fourth-order valence-corrected chi connectivity index (χ4v) is 3.90. The molecule has 5 heteroatoms. The highest BCUT2D eigenvalue weighted by atomic mass is 16.5. The molecule has 1 aliphatic rings. The molecule has 1 aromatic rings. The van der Waals surface area contributed by atoms with Crippen molar-refractivity contribution in [1.29, 1.82) is 0 Å². The number of rotatable bonds is 10. The largest absolute Gasteiger partial charge is 0.460 e. The molecule has 0 bridgehead atoms. The lowest BCUT2D eigenvalue weighted by atomic mass is 9.79. The van der Waals surface area contributed by atoms with Crippen LogP contribution in [0.1, 0.15) is 64.4 Å². The van der Waals surface area contributed by atoms with E-state index in [9.17, 15) is 14.4 Å². The van der Waals surface area contributed by atoms with E-state index in [-0.39, 0.29) is 24.9 Å². The average molecular weight is 388 g/mol. The van der Waals surface area contributed by atoms with Gasteiger partial charge in [0.2, 0.25) is 5.91 Å². The van der Waals surface area contributed by atoms with Crippen LogP contribution in [0.5, 0.6) is 0 Å². The van der Waals surface area contributed by atoms with Crippen LogP contribution in [-0.2, 0) is 25.5 Å². The van der Waals surface area contributed by atoms with Crippen LogP contribution in [0.25, 0.3) is 0 Å². The quantitative estimate of drug-likeness (QED) is 0.489. The Hall–Kier alpha value is -2.17. The first-order valence-electron chi connectivity index (χ1n) is 10.6. The zero-order chi connectivity index (χ0) is 20.4. The molecule has 2 rings (SSSR count). The number of benzene rings is 1. The maximum atomic E-state index is 12.8. The molecule has 0 radical (unpaired) electrons. The third-order valence-electron chi connectivity index (χ3n) is 5.58. The fraction of sp³-hybridized carbons (Fsp3) is 0.609. The number of carbonyl (C=O) groups is 3. The maximum absolute atomic E-state index is 12.8. The van der Waals surface area contributed by atoms with Crippen molar-refractivity contribution in [3.05, 3.63) is 35.9 Å². The molecule has 1 saturated carbocycles. The summed E-state index contributed by atoms with van der Waals surface area (Å²) in [5, 5.41) is 2.84. The van der Waals surface area contributed by atoms with Crippen molar-refractivity contribution in [2.24, 2.45) is 11.8 Å². The molecule has 0 unspecified atom stereocenters. The third kappa shape index (κ3) is 6.77. The predicted octanol–water partition coefficient (Wildman–Crippen LogP) is 3.84. The molecule has 1 aliphatic carbocycles. The van der Waals surface area contributed by atoms with Crippen LogP contribution in [0.3, 0.4) is 0 Å². The van der Waals surface area contributed by atoms with Gasteiger partial charge >= 0.3 is 5.97 Å². The summed E-state index contributed by atoms with van der Waals surface area (Å²) in [7, 11) is 0. The van der Waals surface area contributed by atoms with E-state index in [4.69, 9.17) is 4.74 Å². The molecule has 154 valence electrons. The molecule has 0 heterocycles. The maximum Gasteiger partial charge on any atom is 0.376 e. The van der Waals surface area contributed by atoms with Crippen molar-refractivity contribution in [3.63, 3.8) is 0 Å². The highest BCUT2D eigenvalue weighted by Crippen LogP contribution is 2.32. The predicted molar refractivity (Wildman–Crippen MR) is 109 cm³/mol. The molecule has 1 aromatic carbocycles. The smallest absolute Gasteiger partial charge is 0.376 e. The third-order valence-corrected chi connectivity index (χ3v) is 5.58. The SMILES string of the molecule is CCCCC1CCC(C(=O)N[C@@H](Cc2ccccc2)C(=O)C(=O)OCC)CC1. The lowest BCUT2D eigenvalue weighted by Gasteiger charge is -2.29. The molecule has 0 aromatic heterocycles. The minimum atomic E-state index is -0.883. The summed E-state index contributed by atoms with van der Waals surface area (Å²) in [5.74, 6) is -1.05. The molecule has 1 N–H and O–H groups in total. The molecule has 28 heavy (non-hydrogen) atoms. The lowest BCUT2D eigenvalue weighted by Crippen LogP contribution is -2.48. The van der Waals surface area contributed by atoms with Gasteiger partial charge in [0.05, 0.1) is 6.61 Å². The van der Waals surface area contributed by atoms with E-state index in [1.54, 1.807) is 6.92 Å². The van der Waals surface area contributed by atoms with Gasteiger partial charge in [0, 0.05) is 12.3 Å². The number of amides is 1. The van der Waals surface area contributed by atoms with Gasteiger partial charge in [0.25, 0.3) is 5.78 Å². The van der Waals surface area contributed by atoms with Gasteiger partial charge in [-0.3, -0.25) is 9.59 Å². The van der Waals surface area contributed by atoms with E-state index in [1.165, 1.54) is 19.3 Å². The van der Waals surface area contributed by atoms with Gasteiger partial charge in [-0.2, -0.15) is 0 Å². The lowest BCUT2D eigenvalue weighted by molar-refractivity contribution is -0.154. The highest BCUT2D eigenvalue weighted by molar-refractivity contribution is 6.36. The van der Waals surface area contributed by atoms with Gasteiger partial charge < -0.3 is 10.1 Å². The summed E-state index contributed by atoms with van der Waals surface area (Å²) >= 11 is 0. The van der Waals surface area contributed by atoms with Gasteiger partial charge in [-0.05, 0) is 44.1 Å². The molecular weight excluding hydrogens is 354 g/mol. The average Bonchev–Trinajstić information content (AvgIpc) is 2.72. The zero-order valence-corrected chi connectivity index (χ0v) is 17.1. The second-order valence-corrected chi connectivity index (χ2v) is 7.70. The van der Waals surface area contributed by atoms with E-state index in [0.717, 1.165) is 31.2 Å². The summed E-state index contributed by atoms with van der Waals surface area (Å²) in [6.45, 7) is 4.00. The fourth-order valence-electron chi connectivity index (χ4n) is 3.90. The number of ether oxygens (including phenoxy) is 1. The topological polar surface area (TPSA) is 72.5 Å². The Morgan fingerprint density at radius 2 is 1.75 bits per heavy atom. The van der Waals surface area contributed by atoms with E-state index in [1.807, 2.05) is 30.3 Å². The van der Waals surface area contributed by atoms with Gasteiger partial charge in [-0.15, -0.1) is 0 Å². The zero-order valence-electron chi connectivity index (χ0n) is 17.1. The van der Waals surface area contributed by atoms with Crippen LogP contribution >= 0.6 is 0 Å². The van der Waals surface area contributed by atoms with Crippen LogP contribution in [0.2, 0.25) is 0 Å². The van der Waals surface area contributed by atoms with E-state index in [2.05, 4.69) is 12.2 Å². The molecule has 1 amide bonds. The molecule has 0 aliphatic heterocycles. The number of unbranched alkanes of at least 4 members (excludes halogenated alkanes) is 1. The Morgan fingerprint density at radius 3 is 2.36 bits per heavy atom. The molecule has 0 saturated heterocycles. The van der Waals surface area contributed by atoms with Gasteiger partial charge in [0.15, 0.2) is 0 Å². The Bertz CT molecular complexity index is 635. The monoisotopic (exact) mass is 387 g/mol. The van der Waals surface area contributed by atoms with Gasteiger partial charge in [0.1, 0.15) is 6.04 Å². The number of hydrogen-bond acceptors (Lipinski definition) is 4. The summed E-state index contributed by atoms with van der Waals surface area (Å²) in [6.07, 6.45) is 7.81. The Morgan fingerprint density at radius 1 is 1.07 bits per heavy atom. The van der Waals surface area contributed by atoms with Crippen LogP contribution < -0.4 is 5.32 Å². The first-order chi connectivity index (χ1) is 13.5. The van der Waals surface area contributed by atoms with Crippen LogP contribution in [0, 0.1) is 11.8 Å². The highest BCUT2D eigenvalue weighted by Gasteiger charge is 2.32. The van der Waals surface area contributed by atoms with Crippen LogP contribution in [0.15, 0.2) is 30.3 Å². The normalized spacial score (nSPS) is 20.2. The van der Waals surface area contributed by atoms with E-state index < -0.39 is 17.8 Å². The number of ketones is 1. The van der Waals surface area contributed by atoms with E-state index >= 15 is 0 Å². The van der Waals surface area contributed by atoms with Crippen LogP contribution in [-0.4, -0.2) is 30.3 Å². The van der Waals surface area contributed by atoms with Crippen molar-refractivity contribution >= 4 is 17.7 Å². The number of hydrogen-bond donors (Lipinski definition) is 1. The number of Topliss-reactive ketones (excluding diaryl/α,β-unsaturated/α-hetero) is 1. The van der Waals surface area contributed by atoms with Crippen molar-refractivity contribution in [3.8, 4) is 0 Å².